The van der Waals surface area contributed by atoms with Crippen molar-refractivity contribution >= 4 is 5.78 Å². The van der Waals surface area contributed by atoms with Crippen molar-refractivity contribution in [1.29, 1.82) is 0 Å². The van der Waals surface area contributed by atoms with E-state index >= 15 is 0 Å². The first-order valence-electron chi connectivity index (χ1n) is 10.1. The second-order valence-corrected chi connectivity index (χ2v) is 8.40. The number of fused-ring (bicyclic) bond motifs is 1. The second-order valence-electron chi connectivity index (χ2n) is 8.40. The summed E-state index contributed by atoms with van der Waals surface area (Å²) in [4.78, 5) is 13.1. The number of ether oxygens (including phenoxy) is 1. The summed E-state index contributed by atoms with van der Waals surface area (Å²) in [5.74, 6) is 1.84. The van der Waals surface area contributed by atoms with E-state index in [1.165, 1.54) is 5.56 Å². The van der Waals surface area contributed by atoms with Gasteiger partial charge in [0.2, 0.25) is 0 Å². The largest absolute Gasteiger partial charge is 0.491 e. The van der Waals surface area contributed by atoms with Gasteiger partial charge in [-0.3, -0.25) is 4.79 Å². The molecule has 4 rings (SSSR count). The zero-order valence-electron chi connectivity index (χ0n) is 16.5. The molecule has 2 aromatic rings. The molecule has 2 aromatic carbocycles. The van der Waals surface area contributed by atoms with E-state index < -0.39 is 0 Å². The molecule has 27 heavy (non-hydrogen) atoms. The van der Waals surface area contributed by atoms with E-state index in [1.54, 1.807) is 0 Å². The summed E-state index contributed by atoms with van der Waals surface area (Å²) < 4.78 is 5.81. The van der Waals surface area contributed by atoms with Crippen molar-refractivity contribution in [3.05, 3.63) is 65.2 Å². The number of ketones is 1. The van der Waals surface area contributed by atoms with Crippen LogP contribution in [0.3, 0.4) is 0 Å². The fraction of sp³-hybridized carbons (Fsp3) is 0.458. The van der Waals surface area contributed by atoms with Gasteiger partial charge in [-0.25, -0.2) is 0 Å². The maximum Gasteiger partial charge on any atom is 0.165 e. The van der Waals surface area contributed by atoms with E-state index in [2.05, 4.69) is 35.6 Å². The van der Waals surface area contributed by atoms with Crippen LogP contribution in [0.25, 0.3) is 0 Å². The molecule has 1 saturated carbocycles. The standard InChI is InChI=1S/C24H29NO2/c1-16(2)27-22-10-9-18(13-17(22)3)23(26)19-11-12-24(21(14-19)15-25-24)20-7-5-4-6-8-20/h4-10,13,16,19,21,25H,11-12,14-15H2,1-3H3. The molecule has 0 aromatic heterocycles. The molecular weight excluding hydrogens is 334 g/mol. The quantitative estimate of drug-likeness (QED) is 0.770. The first-order valence-corrected chi connectivity index (χ1v) is 10.1. The van der Waals surface area contributed by atoms with Crippen LogP contribution in [0.15, 0.2) is 48.5 Å². The summed E-state index contributed by atoms with van der Waals surface area (Å²) in [5.41, 5.74) is 3.32. The Labute approximate surface area is 162 Å². The summed E-state index contributed by atoms with van der Waals surface area (Å²) in [5, 5.41) is 3.68. The lowest BCUT2D eigenvalue weighted by Crippen LogP contribution is -2.65. The van der Waals surface area contributed by atoms with E-state index in [4.69, 9.17) is 4.74 Å². The molecule has 0 bridgehead atoms. The molecule has 142 valence electrons. The van der Waals surface area contributed by atoms with Gasteiger partial charge in [0.15, 0.2) is 5.78 Å². The molecule has 3 heteroatoms. The highest BCUT2D eigenvalue weighted by molar-refractivity contribution is 5.98. The van der Waals surface area contributed by atoms with Gasteiger partial charge in [0, 0.05) is 23.6 Å². The molecule has 0 spiro atoms. The molecular formula is C24H29NO2. The third kappa shape index (κ3) is 3.29. The molecule has 3 nitrogen and oxygen atoms in total. The van der Waals surface area contributed by atoms with Gasteiger partial charge in [0.25, 0.3) is 0 Å². The van der Waals surface area contributed by atoms with E-state index in [9.17, 15) is 4.79 Å². The predicted octanol–water partition coefficient (Wildman–Crippen LogP) is 4.88. The highest BCUT2D eigenvalue weighted by Gasteiger charge is 2.51. The first-order chi connectivity index (χ1) is 13.0. The van der Waals surface area contributed by atoms with Crippen molar-refractivity contribution in [2.75, 3.05) is 6.54 Å². The molecule has 1 N–H and O–H groups in total. The molecule has 3 unspecified atom stereocenters. The second kappa shape index (κ2) is 7.12. The average Bonchev–Trinajstić information content (AvgIpc) is 2.64. The molecule has 0 amide bonds. The number of carbonyl (C=O) groups is 1. The lowest BCUT2D eigenvalue weighted by Gasteiger charge is -2.55. The number of hydrogen-bond donors (Lipinski definition) is 1. The molecule has 3 atom stereocenters. The Morgan fingerprint density at radius 1 is 1.19 bits per heavy atom. The zero-order chi connectivity index (χ0) is 19.0. The topological polar surface area (TPSA) is 38.3 Å². The van der Waals surface area contributed by atoms with E-state index in [0.717, 1.165) is 42.7 Å². The minimum Gasteiger partial charge on any atom is -0.491 e. The number of aryl methyl sites for hydroxylation is 1. The van der Waals surface area contributed by atoms with Crippen molar-refractivity contribution in [3.8, 4) is 5.75 Å². The van der Waals surface area contributed by atoms with Gasteiger partial charge in [0.05, 0.1) is 6.10 Å². The number of hydrogen-bond acceptors (Lipinski definition) is 3. The number of rotatable bonds is 5. The molecule has 0 radical (unpaired) electrons. The number of benzene rings is 2. The van der Waals surface area contributed by atoms with E-state index in [-0.39, 0.29) is 17.6 Å². The number of carbonyl (C=O) groups excluding carboxylic acids is 1. The highest BCUT2D eigenvalue weighted by atomic mass is 16.5. The molecule has 1 saturated heterocycles. The SMILES string of the molecule is Cc1cc(C(=O)C2CCC3(c4ccccc4)NCC3C2)ccc1OC(C)C. The Kier molecular flexibility index (Phi) is 4.81. The first kappa shape index (κ1) is 18.2. The monoisotopic (exact) mass is 363 g/mol. The minimum atomic E-state index is 0.0862. The van der Waals surface area contributed by atoms with Gasteiger partial charge < -0.3 is 10.1 Å². The summed E-state index contributed by atoms with van der Waals surface area (Å²) in [7, 11) is 0. The number of Topliss-reactive ketones (excluding diaryl/α,β-unsaturated/α-hetero) is 1. The van der Waals surface area contributed by atoms with Gasteiger partial charge in [-0.05, 0) is 75.3 Å². The third-order valence-electron chi connectivity index (χ3n) is 6.30. The Bertz CT molecular complexity index is 830. The summed E-state index contributed by atoms with van der Waals surface area (Å²) in [6.07, 6.45) is 3.09. The smallest absolute Gasteiger partial charge is 0.165 e. The fourth-order valence-electron chi connectivity index (χ4n) is 4.81. The van der Waals surface area contributed by atoms with Crippen LogP contribution in [0, 0.1) is 18.8 Å². The normalized spacial score (nSPS) is 27.0. The van der Waals surface area contributed by atoms with Gasteiger partial charge in [-0.1, -0.05) is 30.3 Å². The summed E-state index contributed by atoms with van der Waals surface area (Å²) in [6.45, 7) is 7.07. The van der Waals surface area contributed by atoms with Crippen LogP contribution in [0.1, 0.15) is 54.6 Å². The van der Waals surface area contributed by atoms with Gasteiger partial charge in [-0.15, -0.1) is 0 Å². The molecule has 1 heterocycles. The van der Waals surface area contributed by atoms with E-state index in [0.29, 0.717) is 11.7 Å². The van der Waals surface area contributed by atoms with Crippen LogP contribution in [-0.2, 0) is 5.54 Å². The highest BCUT2D eigenvalue weighted by Crippen LogP contribution is 2.49. The predicted molar refractivity (Wildman–Crippen MR) is 108 cm³/mol. The minimum absolute atomic E-state index is 0.0862. The van der Waals surface area contributed by atoms with Crippen LogP contribution >= 0.6 is 0 Å². The Balaban J connectivity index is 1.48. The zero-order valence-corrected chi connectivity index (χ0v) is 16.5. The molecule has 2 aliphatic rings. The maximum atomic E-state index is 13.1. The van der Waals surface area contributed by atoms with Gasteiger partial charge in [-0.2, -0.15) is 0 Å². The lowest BCUT2D eigenvalue weighted by atomic mass is 9.60. The fourth-order valence-corrected chi connectivity index (χ4v) is 4.81. The van der Waals surface area contributed by atoms with Crippen LogP contribution in [0.4, 0.5) is 0 Å². The molecule has 1 aliphatic heterocycles. The summed E-state index contributed by atoms with van der Waals surface area (Å²) >= 11 is 0. The van der Waals surface area contributed by atoms with Crippen LogP contribution in [0.2, 0.25) is 0 Å². The Morgan fingerprint density at radius 3 is 2.56 bits per heavy atom. The average molecular weight is 364 g/mol. The molecule has 1 aliphatic carbocycles. The van der Waals surface area contributed by atoms with Crippen LogP contribution in [0.5, 0.6) is 5.75 Å². The van der Waals surface area contributed by atoms with Crippen molar-refractivity contribution in [3.63, 3.8) is 0 Å². The maximum absolute atomic E-state index is 13.1. The number of nitrogens with one attached hydrogen (secondary N) is 1. The van der Waals surface area contributed by atoms with Crippen molar-refractivity contribution in [1.82, 2.24) is 5.32 Å². The van der Waals surface area contributed by atoms with Crippen LogP contribution in [-0.4, -0.2) is 18.4 Å². The Morgan fingerprint density at radius 2 is 1.96 bits per heavy atom. The molecule has 2 fully saturated rings. The van der Waals surface area contributed by atoms with E-state index in [1.807, 2.05) is 39.0 Å². The van der Waals surface area contributed by atoms with Crippen molar-refractivity contribution in [2.45, 2.75) is 51.7 Å². The van der Waals surface area contributed by atoms with Crippen molar-refractivity contribution in [2.24, 2.45) is 11.8 Å². The van der Waals surface area contributed by atoms with Gasteiger partial charge >= 0.3 is 0 Å². The van der Waals surface area contributed by atoms with Crippen molar-refractivity contribution < 1.29 is 9.53 Å². The van der Waals surface area contributed by atoms with Gasteiger partial charge in [0.1, 0.15) is 5.75 Å². The summed E-state index contributed by atoms with van der Waals surface area (Å²) in [6, 6.07) is 16.6. The third-order valence-corrected chi connectivity index (χ3v) is 6.30. The lowest BCUT2D eigenvalue weighted by molar-refractivity contribution is 0.0220. The van der Waals surface area contributed by atoms with Crippen LogP contribution < -0.4 is 10.1 Å². The Hall–Kier alpha value is -2.13.